The zero-order valence-corrected chi connectivity index (χ0v) is 12.0. The van der Waals surface area contributed by atoms with Gasteiger partial charge < -0.3 is 4.74 Å². The highest BCUT2D eigenvalue weighted by atomic mass is 16.5. The molecule has 0 bridgehead atoms. The van der Waals surface area contributed by atoms with Crippen molar-refractivity contribution in [3.05, 3.63) is 29.3 Å². The molecule has 1 aromatic rings. The Bertz CT molecular complexity index is 396. The molecule has 1 aromatic carbocycles. The minimum absolute atomic E-state index is 0.372. The molecule has 0 aliphatic rings. The molecule has 100 valence electrons. The second kappa shape index (κ2) is 7.20. The Balaban J connectivity index is 2.66. The number of carbonyl (C=O) groups is 1. The van der Waals surface area contributed by atoms with Gasteiger partial charge in [0, 0.05) is 12.8 Å². The van der Waals surface area contributed by atoms with E-state index in [1.807, 2.05) is 13.0 Å². The predicted molar refractivity (Wildman–Crippen MR) is 75.1 cm³/mol. The van der Waals surface area contributed by atoms with Gasteiger partial charge in [0.2, 0.25) is 0 Å². The number of ketones is 1. The van der Waals surface area contributed by atoms with Crippen LogP contribution < -0.4 is 4.74 Å². The van der Waals surface area contributed by atoms with E-state index < -0.39 is 0 Å². The van der Waals surface area contributed by atoms with Crippen molar-refractivity contribution in [3.63, 3.8) is 0 Å². The lowest BCUT2D eigenvalue weighted by atomic mass is 9.93. The van der Waals surface area contributed by atoms with Crippen molar-refractivity contribution >= 4 is 5.78 Å². The van der Waals surface area contributed by atoms with Crippen molar-refractivity contribution in [2.24, 2.45) is 5.92 Å². The number of aryl methyl sites for hydroxylation is 1. The summed E-state index contributed by atoms with van der Waals surface area (Å²) in [5, 5.41) is 0. The average Bonchev–Trinajstić information content (AvgIpc) is 2.29. The van der Waals surface area contributed by atoms with Crippen LogP contribution in [0.3, 0.4) is 0 Å². The maximum Gasteiger partial charge on any atom is 0.133 e. The number of benzene rings is 1. The van der Waals surface area contributed by atoms with Crippen molar-refractivity contribution in [1.29, 1.82) is 0 Å². The second-order valence-electron chi connectivity index (χ2n) is 5.12. The van der Waals surface area contributed by atoms with Gasteiger partial charge in [-0.3, -0.25) is 4.79 Å². The van der Waals surface area contributed by atoms with Gasteiger partial charge in [0.1, 0.15) is 11.5 Å². The van der Waals surface area contributed by atoms with E-state index in [-0.39, 0.29) is 0 Å². The number of hydrogen-bond acceptors (Lipinski definition) is 2. The maximum absolute atomic E-state index is 11.6. The van der Waals surface area contributed by atoms with Crippen LogP contribution in [0.4, 0.5) is 0 Å². The van der Waals surface area contributed by atoms with Crippen molar-refractivity contribution in [2.75, 3.05) is 7.11 Å². The normalized spacial score (nSPS) is 12.2. The van der Waals surface area contributed by atoms with Gasteiger partial charge in [-0.15, -0.1) is 0 Å². The number of Topliss-reactive ketones (excluding diaryl/α,β-unsaturated/α-hetero) is 1. The predicted octanol–water partition coefficient (Wildman–Crippen LogP) is 3.94. The van der Waals surface area contributed by atoms with Crippen LogP contribution in [0.15, 0.2) is 18.2 Å². The third-order valence-corrected chi connectivity index (χ3v) is 3.11. The third kappa shape index (κ3) is 4.52. The number of rotatable bonds is 7. The Labute approximate surface area is 110 Å². The Hall–Kier alpha value is -1.31. The van der Waals surface area contributed by atoms with Gasteiger partial charge in [0.05, 0.1) is 7.11 Å². The van der Waals surface area contributed by atoms with Crippen molar-refractivity contribution in [1.82, 2.24) is 0 Å². The molecule has 1 atom stereocenters. The monoisotopic (exact) mass is 248 g/mol. The molecule has 0 saturated heterocycles. The van der Waals surface area contributed by atoms with E-state index in [9.17, 15) is 4.79 Å². The fourth-order valence-electron chi connectivity index (χ4n) is 2.28. The number of carbonyl (C=O) groups excluding carboxylic acids is 1. The van der Waals surface area contributed by atoms with Gasteiger partial charge in [-0.1, -0.05) is 31.5 Å². The molecule has 2 nitrogen and oxygen atoms in total. The summed E-state index contributed by atoms with van der Waals surface area (Å²) in [6.07, 6.45) is 3.22. The van der Waals surface area contributed by atoms with Crippen LogP contribution in [0.2, 0.25) is 0 Å². The first kappa shape index (κ1) is 14.7. The molecule has 0 radical (unpaired) electrons. The molecule has 0 saturated carbocycles. The summed E-state index contributed by atoms with van der Waals surface area (Å²) in [6.45, 7) is 6.26. The molecule has 0 aromatic heterocycles. The molecule has 0 aliphatic carbocycles. The zero-order valence-electron chi connectivity index (χ0n) is 12.0. The van der Waals surface area contributed by atoms with Gasteiger partial charge in [0.15, 0.2) is 0 Å². The zero-order chi connectivity index (χ0) is 13.5. The molecule has 0 heterocycles. The molecule has 0 spiro atoms. The average molecular weight is 248 g/mol. The van der Waals surface area contributed by atoms with Crippen molar-refractivity contribution in [2.45, 2.75) is 46.5 Å². The van der Waals surface area contributed by atoms with Gasteiger partial charge in [-0.25, -0.2) is 0 Å². The van der Waals surface area contributed by atoms with E-state index in [0.717, 1.165) is 18.6 Å². The van der Waals surface area contributed by atoms with E-state index in [2.05, 4.69) is 26.0 Å². The van der Waals surface area contributed by atoms with E-state index in [1.165, 1.54) is 11.1 Å². The molecule has 1 rings (SSSR count). The maximum atomic E-state index is 11.6. The van der Waals surface area contributed by atoms with Crippen LogP contribution in [0.25, 0.3) is 0 Å². The highest BCUT2D eigenvalue weighted by Crippen LogP contribution is 2.24. The Morgan fingerprint density at radius 3 is 2.72 bits per heavy atom. The van der Waals surface area contributed by atoms with Crippen LogP contribution in [-0.4, -0.2) is 12.9 Å². The van der Waals surface area contributed by atoms with E-state index in [1.54, 1.807) is 7.11 Å². The lowest BCUT2D eigenvalue weighted by Gasteiger charge is -2.14. The molecular formula is C16H24O2. The first-order valence-electron chi connectivity index (χ1n) is 6.72. The summed E-state index contributed by atoms with van der Waals surface area (Å²) < 4.78 is 5.37. The second-order valence-corrected chi connectivity index (χ2v) is 5.12. The summed E-state index contributed by atoms with van der Waals surface area (Å²) in [5.74, 6) is 1.67. The molecule has 0 fully saturated rings. The Morgan fingerprint density at radius 1 is 1.39 bits per heavy atom. The summed E-state index contributed by atoms with van der Waals surface area (Å²) in [4.78, 5) is 11.6. The molecule has 0 amide bonds. The lowest BCUT2D eigenvalue weighted by Crippen LogP contribution is -2.08. The molecular weight excluding hydrogens is 224 g/mol. The van der Waals surface area contributed by atoms with E-state index in [0.29, 0.717) is 24.5 Å². The van der Waals surface area contributed by atoms with Crippen LogP contribution >= 0.6 is 0 Å². The smallest absolute Gasteiger partial charge is 0.133 e. The van der Waals surface area contributed by atoms with Gasteiger partial charge in [-0.05, 0) is 37.3 Å². The van der Waals surface area contributed by atoms with E-state index in [4.69, 9.17) is 4.74 Å². The van der Waals surface area contributed by atoms with Gasteiger partial charge in [-0.2, -0.15) is 0 Å². The summed E-state index contributed by atoms with van der Waals surface area (Å²) >= 11 is 0. The molecule has 18 heavy (non-hydrogen) atoms. The largest absolute Gasteiger partial charge is 0.496 e. The van der Waals surface area contributed by atoms with Gasteiger partial charge >= 0.3 is 0 Å². The third-order valence-electron chi connectivity index (χ3n) is 3.11. The fourth-order valence-corrected chi connectivity index (χ4v) is 2.28. The van der Waals surface area contributed by atoms with Crippen molar-refractivity contribution < 1.29 is 9.53 Å². The van der Waals surface area contributed by atoms with Crippen LogP contribution in [-0.2, 0) is 11.2 Å². The van der Waals surface area contributed by atoms with Crippen LogP contribution in [0.1, 0.15) is 44.2 Å². The molecule has 1 unspecified atom stereocenters. The summed E-state index contributed by atoms with van der Waals surface area (Å²) in [6, 6.07) is 6.21. The Kier molecular flexibility index (Phi) is 5.90. The first-order valence-corrected chi connectivity index (χ1v) is 6.72. The number of ether oxygens (including phenoxy) is 1. The molecule has 0 N–H and O–H groups in total. The SMILES string of the molecule is CCCC(=O)CC(C)Cc1cc(C)ccc1OC. The van der Waals surface area contributed by atoms with Crippen molar-refractivity contribution in [3.8, 4) is 5.75 Å². The number of hydrogen-bond donors (Lipinski definition) is 0. The Morgan fingerprint density at radius 2 is 2.11 bits per heavy atom. The standard InChI is InChI=1S/C16H24O2/c1-5-6-15(17)11-13(3)10-14-9-12(2)7-8-16(14)18-4/h7-9,13H,5-6,10-11H2,1-4H3. The highest BCUT2D eigenvalue weighted by molar-refractivity contribution is 5.78. The van der Waals surface area contributed by atoms with E-state index >= 15 is 0 Å². The van der Waals surface area contributed by atoms with Crippen LogP contribution in [0, 0.1) is 12.8 Å². The minimum atomic E-state index is 0.372. The first-order chi connectivity index (χ1) is 8.56. The van der Waals surface area contributed by atoms with Gasteiger partial charge in [0.25, 0.3) is 0 Å². The quantitative estimate of drug-likeness (QED) is 0.730. The lowest BCUT2D eigenvalue weighted by molar-refractivity contribution is -0.119. The summed E-state index contributed by atoms with van der Waals surface area (Å²) in [5.41, 5.74) is 2.44. The van der Waals surface area contributed by atoms with Crippen LogP contribution in [0.5, 0.6) is 5.75 Å². The molecule has 0 aliphatic heterocycles. The topological polar surface area (TPSA) is 26.3 Å². The summed E-state index contributed by atoms with van der Waals surface area (Å²) in [7, 11) is 1.70. The fraction of sp³-hybridized carbons (Fsp3) is 0.562. The molecule has 2 heteroatoms. The minimum Gasteiger partial charge on any atom is -0.496 e. The highest BCUT2D eigenvalue weighted by Gasteiger charge is 2.12. The number of methoxy groups -OCH3 is 1.